The molecule has 2 fully saturated rings. The fourth-order valence-electron chi connectivity index (χ4n) is 3.71. The third-order valence-corrected chi connectivity index (χ3v) is 4.64. The molecule has 19 heavy (non-hydrogen) atoms. The highest BCUT2D eigenvalue weighted by Crippen LogP contribution is 2.48. The van der Waals surface area contributed by atoms with E-state index in [1.54, 1.807) is 16.9 Å². The summed E-state index contributed by atoms with van der Waals surface area (Å²) in [6.45, 7) is 2.00. The molecule has 0 saturated heterocycles. The standard InChI is InChI=1S/C14H22N4O/c15-3-4-16-13-7-14(19)18(17-8-13)9-12-6-10-1-2-11(12)5-10/h7-8,10-12,16H,1-6,9,15H2. The van der Waals surface area contributed by atoms with E-state index in [1.165, 1.54) is 25.7 Å². The van der Waals surface area contributed by atoms with Crippen molar-refractivity contribution in [1.82, 2.24) is 9.78 Å². The van der Waals surface area contributed by atoms with Gasteiger partial charge in [-0.2, -0.15) is 5.10 Å². The van der Waals surface area contributed by atoms with Crippen LogP contribution in [0.15, 0.2) is 17.1 Å². The molecule has 3 N–H and O–H groups in total. The van der Waals surface area contributed by atoms with E-state index in [0.29, 0.717) is 19.0 Å². The van der Waals surface area contributed by atoms with Crippen LogP contribution in [0.4, 0.5) is 5.69 Å². The van der Waals surface area contributed by atoms with E-state index in [4.69, 9.17) is 5.73 Å². The number of fused-ring (bicyclic) bond motifs is 2. The summed E-state index contributed by atoms with van der Waals surface area (Å²) in [6, 6.07) is 1.62. The first kappa shape index (κ1) is 12.7. The van der Waals surface area contributed by atoms with Crippen molar-refractivity contribution in [2.24, 2.45) is 23.5 Å². The summed E-state index contributed by atoms with van der Waals surface area (Å²) in [6.07, 6.45) is 7.12. The van der Waals surface area contributed by atoms with Crippen molar-refractivity contribution < 1.29 is 0 Å². The molecule has 3 unspecified atom stereocenters. The maximum absolute atomic E-state index is 12.0. The molecule has 5 nitrogen and oxygen atoms in total. The van der Waals surface area contributed by atoms with Gasteiger partial charge in [-0.1, -0.05) is 6.42 Å². The Balaban J connectivity index is 1.66. The van der Waals surface area contributed by atoms with Crippen LogP contribution in [0.2, 0.25) is 0 Å². The van der Waals surface area contributed by atoms with Gasteiger partial charge >= 0.3 is 0 Å². The molecular weight excluding hydrogens is 240 g/mol. The second-order valence-corrected chi connectivity index (χ2v) is 5.91. The molecule has 5 heteroatoms. The first-order valence-corrected chi connectivity index (χ1v) is 7.27. The molecule has 2 aliphatic carbocycles. The van der Waals surface area contributed by atoms with Gasteiger partial charge in [0.05, 0.1) is 11.9 Å². The van der Waals surface area contributed by atoms with E-state index >= 15 is 0 Å². The minimum Gasteiger partial charge on any atom is -0.382 e. The molecule has 0 amide bonds. The van der Waals surface area contributed by atoms with Crippen LogP contribution in [0.25, 0.3) is 0 Å². The molecule has 3 atom stereocenters. The van der Waals surface area contributed by atoms with Gasteiger partial charge in [0.15, 0.2) is 0 Å². The topological polar surface area (TPSA) is 72.9 Å². The lowest BCUT2D eigenvalue weighted by molar-refractivity contribution is 0.280. The minimum atomic E-state index is -0.00945. The van der Waals surface area contributed by atoms with Crippen LogP contribution in [0, 0.1) is 17.8 Å². The summed E-state index contributed by atoms with van der Waals surface area (Å²) in [7, 11) is 0. The number of nitrogens with one attached hydrogen (secondary N) is 1. The largest absolute Gasteiger partial charge is 0.382 e. The first-order chi connectivity index (χ1) is 9.26. The van der Waals surface area contributed by atoms with Crippen molar-refractivity contribution in [3.05, 3.63) is 22.6 Å². The predicted molar refractivity (Wildman–Crippen MR) is 75.0 cm³/mol. The molecule has 1 aromatic rings. The van der Waals surface area contributed by atoms with Crippen LogP contribution in [0.1, 0.15) is 25.7 Å². The van der Waals surface area contributed by atoms with E-state index in [-0.39, 0.29) is 5.56 Å². The lowest BCUT2D eigenvalue weighted by Gasteiger charge is -2.21. The lowest BCUT2D eigenvalue weighted by Crippen LogP contribution is -2.28. The van der Waals surface area contributed by atoms with Crippen LogP contribution in [0.5, 0.6) is 0 Å². The van der Waals surface area contributed by atoms with Crippen molar-refractivity contribution in [3.8, 4) is 0 Å². The van der Waals surface area contributed by atoms with Crippen molar-refractivity contribution in [2.75, 3.05) is 18.4 Å². The molecule has 2 saturated carbocycles. The van der Waals surface area contributed by atoms with Gasteiger partial charge in [0.1, 0.15) is 0 Å². The number of hydrogen-bond donors (Lipinski definition) is 2. The van der Waals surface area contributed by atoms with Crippen LogP contribution in [-0.4, -0.2) is 22.9 Å². The summed E-state index contributed by atoms with van der Waals surface area (Å²) in [5, 5.41) is 7.36. The number of rotatable bonds is 5. The van der Waals surface area contributed by atoms with E-state index in [2.05, 4.69) is 10.4 Å². The molecule has 0 radical (unpaired) electrons. The molecular formula is C14H22N4O. The normalized spacial score (nSPS) is 28.8. The number of nitrogens with two attached hydrogens (primary N) is 1. The second kappa shape index (κ2) is 5.33. The molecule has 1 aromatic heterocycles. The minimum absolute atomic E-state index is 0.00945. The Morgan fingerprint density at radius 1 is 1.42 bits per heavy atom. The third-order valence-electron chi connectivity index (χ3n) is 4.64. The van der Waals surface area contributed by atoms with Crippen LogP contribution < -0.4 is 16.6 Å². The maximum Gasteiger partial charge on any atom is 0.268 e. The van der Waals surface area contributed by atoms with Crippen molar-refractivity contribution >= 4 is 5.69 Å². The average Bonchev–Trinajstić information content (AvgIpc) is 3.01. The van der Waals surface area contributed by atoms with E-state index in [9.17, 15) is 4.79 Å². The van der Waals surface area contributed by atoms with Crippen molar-refractivity contribution in [3.63, 3.8) is 0 Å². The lowest BCUT2D eigenvalue weighted by atomic mass is 9.89. The van der Waals surface area contributed by atoms with Gasteiger partial charge in [0.2, 0.25) is 0 Å². The second-order valence-electron chi connectivity index (χ2n) is 5.91. The smallest absolute Gasteiger partial charge is 0.268 e. The molecule has 2 aliphatic rings. The zero-order valence-electron chi connectivity index (χ0n) is 11.2. The van der Waals surface area contributed by atoms with Gasteiger partial charge in [-0.3, -0.25) is 4.79 Å². The number of nitrogens with zero attached hydrogens (tertiary/aromatic N) is 2. The first-order valence-electron chi connectivity index (χ1n) is 7.27. The highest BCUT2D eigenvalue weighted by molar-refractivity contribution is 5.38. The Kier molecular flexibility index (Phi) is 3.55. The Bertz CT molecular complexity index is 498. The number of anilines is 1. The Morgan fingerprint density at radius 2 is 2.32 bits per heavy atom. The SMILES string of the molecule is NCCNc1cnn(CC2CC3CCC2C3)c(=O)c1. The van der Waals surface area contributed by atoms with Gasteiger partial charge in [0.25, 0.3) is 5.56 Å². The van der Waals surface area contributed by atoms with Gasteiger partial charge in [-0.25, -0.2) is 4.68 Å². The van der Waals surface area contributed by atoms with Crippen molar-refractivity contribution in [1.29, 1.82) is 0 Å². The molecule has 3 rings (SSSR count). The highest BCUT2D eigenvalue weighted by atomic mass is 16.1. The van der Waals surface area contributed by atoms with Gasteiger partial charge in [-0.15, -0.1) is 0 Å². The summed E-state index contributed by atoms with van der Waals surface area (Å²) in [4.78, 5) is 12.0. The average molecular weight is 262 g/mol. The summed E-state index contributed by atoms with van der Waals surface area (Å²) in [5.41, 5.74) is 6.18. The maximum atomic E-state index is 12.0. The summed E-state index contributed by atoms with van der Waals surface area (Å²) in [5.74, 6) is 2.40. The zero-order valence-corrected chi connectivity index (χ0v) is 11.2. The molecule has 1 heterocycles. The van der Waals surface area contributed by atoms with E-state index < -0.39 is 0 Å². The molecule has 2 bridgehead atoms. The van der Waals surface area contributed by atoms with Crippen molar-refractivity contribution in [2.45, 2.75) is 32.2 Å². The van der Waals surface area contributed by atoms with Gasteiger partial charge < -0.3 is 11.1 Å². The van der Waals surface area contributed by atoms with Crippen LogP contribution in [-0.2, 0) is 6.54 Å². The Morgan fingerprint density at radius 3 is 2.95 bits per heavy atom. The van der Waals surface area contributed by atoms with E-state index in [0.717, 1.165) is 24.1 Å². The summed E-state index contributed by atoms with van der Waals surface area (Å²) >= 11 is 0. The quantitative estimate of drug-likeness (QED) is 0.832. The summed E-state index contributed by atoms with van der Waals surface area (Å²) < 4.78 is 1.62. The van der Waals surface area contributed by atoms with Crippen LogP contribution in [0.3, 0.4) is 0 Å². The molecule has 104 valence electrons. The molecule has 0 aliphatic heterocycles. The number of aromatic nitrogens is 2. The van der Waals surface area contributed by atoms with Crippen LogP contribution >= 0.6 is 0 Å². The Hall–Kier alpha value is -1.36. The molecule has 0 spiro atoms. The fourth-order valence-corrected chi connectivity index (χ4v) is 3.71. The fraction of sp³-hybridized carbons (Fsp3) is 0.714. The highest BCUT2D eigenvalue weighted by Gasteiger charge is 2.39. The van der Waals surface area contributed by atoms with E-state index in [1.807, 2.05) is 0 Å². The zero-order chi connectivity index (χ0) is 13.2. The van der Waals surface area contributed by atoms with Gasteiger partial charge in [-0.05, 0) is 37.0 Å². The van der Waals surface area contributed by atoms with Gasteiger partial charge in [0, 0.05) is 25.7 Å². The predicted octanol–water partition coefficient (Wildman–Crippen LogP) is 1.05. The monoisotopic (exact) mass is 262 g/mol. The number of hydrogen-bond acceptors (Lipinski definition) is 4. The third kappa shape index (κ3) is 2.66. The Labute approximate surface area is 113 Å². The molecule has 0 aromatic carbocycles.